The lowest BCUT2D eigenvalue weighted by atomic mass is 10.1. The van der Waals surface area contributed by atoms with Gasteiger partial charge in [0, 0.05) is 36.7 Å². The van der Waals surface area contributed by atoms with Crippen LogP contribution in [0.25, 0.3) is 0 Å². The van der Waals surface area contributed by atoms with Crippen LogP contribution < -0.4 is 9.47 Å². The first-order chi connectivity index (χ1) is 11.6. The molecule has 1 heterocycles. The van der Waals surface area contributed by atoms with E-state index in [1.165, 1.54) is 5.56 Å². The van der Waals surface area contributed by atoms with E-state index in [-0.39, 0.29) is 5.91 Å². The highest BCUT2D eigenvalue weighted by Crippen LogP contribution is 2.34. The molecular weight excluding hydrogens is 322 g/mol. The highest BCUT2D eigenvalue weighted by molar-refractivity contribution is 7.98. The number of benzene rings is 2. The van der Waals surface area contributed by atoms with E-state index in [4.69, 9.17) is 9.47 Å². The van der Waals surface area contributed by atoms with Gasteiger partial charge in [-0.15, -0.1) is 11.8 Å². The summed E-state index contributed by atoms with van der Waals surface area (Å²) >= 11 is 1.74. The molecule has 0 aromatic heterocycles. The Kier molecular flexibility index (Phi) is 5.30. The fourth-order valence-corrected chi connectivity index (χ4v) is 3.28. The van der Waals surface area contributed by atoms with Crippen LogP contribution in [-0.2, 0) is 5.75 Å². The van der Waals surface area contributed by atoms with Crippen LogP contribution in [0.4, 0.5) is 0 Å². The number of rotatable bonds is 4. The number of amides is 1. The number of hydrogen-bond donors (Lipinski definition) is 0. The predicted molar refractivity (Wildman–Crippen MR) is 96.1 cm³/mol. The van der Waals surface area contributed by atoms with Crippen LogP contribution in [-0.4, -0.2) is 38.1 Å². The first kappa shape index (κ1) is 16.7. The second kappa shape index (κ2) is 7.62. The third-order valence-electron chi connectivity index (χ3n) is 3.73. The van der Waals surface area contributed by atoms with Gasteiger partial charge in [0.2, 0.25) is 0 Å². The first-order valence-electron chi connectivity index (χ1n) is 7.96. The molecule has 0 fully saturated rings. The summed E-state index contributed by atoms with van der Waals surface area (Å²) in [4.78, 5) is 14.6. The lowest BCUT2D eigenvalue weighted by Crippen LogP contribution is -2.21. The minimum absolute atomic E-state index is 0.0251. The molecule has 0 radical (unpaired) electrons. The predicted octanol–water partition coefficient (Wildman–Crippen LogP) is 3.84. The summed E-state index contributed by atoms with van der Waals surface area (Å²) in [6.07, 6.45) is 0.912. The summed E-state index contributed by atoms with van der Waals surface area (Å²) in [5.41, 5.74) is 1.90. The summed E-state index contributed by atoms with van der Waals surface area (Å²) in [5, 5.41) is 0. The van der Waals surface area contributed by atoms with Crippen LogP contribution in [0.1, 0.15) is 22.3 Å². The van der Waals surface area contributed by atoms with Crippen molar-refractivity contribution in [1.29, 1.82) is 0 Å². The lowest BCUT2D eigenvalue weighted by Gasteiger charge is -2.11. The van der Waals surface area contributed by atoms with Gasteiger partial charge in [0.25, 0.3) is 5.91 Å². The van der Waals surface area contributed by atoms with Crippen LogP contribution >= 0.6 is 11.8 Å². The second-order valence-electron chi connectivity index (χ2n) is 5.84. The van der Waals surface area contributed by atoms with Crippen LogP contribution in [0.3, 0.4) is 0 Å². The van der Waals surface area contributed by atoms with E-state index in [1.54, 1.807) is 30.8 Å². The van der Waals surface area contributed by atoms with Crippen molar-refractivity contribution < 1.29 is 14.3 Å². The van der Waals surface area contributed by atoms with Crippen LogP contribution in [0.15, 0.2) is 47.4 Å². The molecule has 126 valence electrons. The topological polar surface area (TPSA) is 38.8 Å². The molecule has 0 unspecified atom stereocenters. The van der Waals surface area contributed by atoms with E-state index < -0.39 is 0 Å². The third-order valence-corrected chi connectivity index (χ3v) is 4.80. The Labute approximate surface area is 146 Å². The molecule has 0 saturated carbocycles. The Morgan fingerprint density at radius 2 is 1.75 bits per heavy atom. The van der Waals surface area contributed by atoms with Gasteiger partial charge < -0.3 is 14.4 Å². The maximum Gasteiger partial charge on any atom is 0.253 e. The van der Waals surface area contributed by atoms with Gasteiger partial charge in [-0.2, -0.15) is 0 Å². The minimum Gasteiger partial charge on any atom is -0.490 e. The number of carbonyl (C=O) groups excluding carboxylic acids is 1. The molecule has 4 nitrogen and oxygen atoms in total. The summed E-state index contributed by atoms with van der Waals surface area (Å²) in [5.74, 6) is 2.51. The molecule has 0 spiro atoms. The largest absolute Gasteiger partial charge is 0.490 e. The molecular formula is C19H21NO3S. The Bertz CT molecular complexity index is 713. The summed E-state index contributed by atoms with van der Waals surface area (Å²) < 4.78 is 11.4. The molecule has 0 saturated heterocycles. The molecule has 0 N–H and O–H groups in total. The minimum atomic E-state index is 0.0251. The van der Waals surface area contributed by atoms with E-state index in [1.807, 2.05) is 36.4 Å². The van der Waals surface area contributed by atoms with Gasteiger partial charge in [-0.25, -0.2) is 0 Å². The van der Waals surface area contributed by atoms with Crippen LogP contribution in [0, 0.1) is 0 Å². The Morgan fingerprint density at radius 3 is 2.46 bits per heavy atom. The van der Waals surface area contributed by atoms with Crippen molar-refractivity contribution in [2.45, 2.75) is 17.1 Å². The van der Waals surface area contributed by atoms with Crippen molar-refractivity contribution in [3.63, 3.8) is 0 Å². The van der Waals surface area contributed by atoms with Gasteiger partial charge in [-0.3, -0.25) is 4.79 Å². The number of ether oxygens (including phenoxy) is 2. The standard InChI is InChI=1S/C19H21NO3S/c1-20(2)19(21)15-6-4-14(5-7-15)13-24-16-8-9-17-18(12-16)23-11-3-10-22-17/h4-9,12H,3,10-11,13H2,1-2H3. The second-order valence-corrected chi connectivity index (χ2v) is 6.89. The van der Waals surface area contributed by atoms with Crippen LogP contribution in [0.5, 0.6) is 11.5 Å². The van der Waals surface area contributed by atoms with Gasteiger partial charge >= 0.3 is 0 Å². The van der Waals surface area contributed by atoms with E-state index >= 15 is 0 Å². The monoisotopic (exact) mass is 343 g/mol. The number of nitrogens with zero attached hydrogens (tertiary/aromatic N) is 1. The van der Waals surface area contributed by atoms with Gasteiger partial charge in [-0.05, 0) is 35.9 Å². The summed E-state index contributed by atoms with van der Waals surface area (Å²) in [7, 11) is 3.52. The van der Waals surface area contributed by atoms with E-state index in [0.717, 1.165) is 28.6 Å². The Balaban J connectivity index is 1.63. The molecule has 1 aliphatic heterocycles. The fraction of sp³-hybridized carbons (Fsp3) is 0.316. The number of carbonyl (C=O) groups is 1. The van der Waals surface area contributed by atoms with E-state index in [9.17, 15) is 4.79 Å². The highest BCUT2D eigenvalue weighted by Gasteiger charge is 2.11. The Hall–Kier alpha value is -2.14. The molecule has 2 aromatic rings. The van der Waals surface area contributed by atoms with Crippen molar-refractivity contribution in [2.75, 3.05) is 27.3 Å². The van der Waals surface area contributed by atoms with E-state index in [0.29, 0.717) is 18.8 Å². The van der Waals surface area contributed by atoms with Gasteiger partial charge in [0.15, 0.2) is 11.5 Å². The lowest BCUT2D eigenvalue weighted by molar-refractivity contribution is 0.0827. The van der Waals surface area contributed by atoms with Gasteiger partial charge in [0.05, 0.1) is 13.2 Å². The zero-order chi connectivity index (χ0) is 16.9. The Morgan fingerprint density at radius 1 is 1.04 bits per heavy atom. The normalized spacial score (nSPS) is 13.2. The molecule has 0 bridgehead atoms. The molecule has 24 heavy (non-hydrogen) atoms. The number of hydrogen-bond acceptors (Lipinski definition) is 4. The highest BCUT2D eigenvalue weighted by atomic mass is 32.2. The van der Waals surface area contributed by atoms with Gasteiger partial charge in [-0.1, -0.05) is 12.1 Å². The van der Waals surface area contributed by atoms with Crippen molar-refractivity contribution in [1.82, 2.24) is 4.90 Å². The quantitative estimate of drug-likeness (QED) is 0.791. The SMILES string of the molecule is CN(C)C(=O)c1ccc(CSc2ccc3c(c2)OCCCO3)cc1. The zero-order valence-corrected chi connectivity index (χ0v) is 14.8. The smallest absolute Gasteiger partial charge is 0.253 e. The number of thioether (sulfide) groups is 1. The molecule has 1 amide bonds. The first-order valence-corrected chi connectivity index (χ1v) is 8.95. The zero-order valence-electron chi connectivity index (χ0n) is 14.0. The van der Waals surface area contributed by atoms with Crippen molar-refractivity contribution >= 4 is 17.7 Å². The molecule has 5 heteroatoms. The maximum absolute atomic E-state index is 11.9. The molecule has 2 aromatic carbocycles. The molecule has 1 aliphatic rings. The van der Waals surface area contributed by atoms with Crippen molar-refractivity contribution in [2.24, 2.45) is 0 Å². The van der Waals surface area contributed by atoms with Crippen molar-refractivity contribution in [3.05, 3.63) is 53.6 Å². The summed E-state index contributed by atoms with van der Waals surface area (Å²) in [6, 6.07) is 13.8. The van der Waals surface area contributed by atoms with E-state index in [2.05, 4.69) is 6.07 Å². The molecule has 3 rings (SSSR count). The average Bonchev–Trinajstić information content (AvgIpc) is 2.84. The molecule has 0 atom stereocenters. The van der Waals surface area contributed by atoms with Crippen LogP contribution in [0.2, 0.25) is 0 Å². The van der Waals surface area contributed by atoms with Crippen molar-refractivity contribution in [3.8, 4) is 11.5 Å². The average molecular weight is 343 g/mol. The van der Waals surface area contributed by atoms with Gasteiger partial charge in [0.1, 0.15) is 0 Å². The summed E-state index contributed by atoms with van der Waals surface area (Å²) in [6.45, 7) is 1.40. The number of fused-ring (bicyclic) bond motifs is 1. The third kappa shape index (κ3) is 4.03. The molecule has 0 aliphatic carbocycles. The fourth-order valence-electron chi connectivity index (χ4n) is 2.40. The maximum atomic E-state index is 11.9.